The number of benzene rings is 1. The maximum atomic E-state index is 12.6. The molecule has 0 spiro atoms. The topological polar surface area (TPSA) is 77.6 Å². The van der Waals surface area contributed by atoms with Crippen LogP contribution in [0.5, 0.6) is 0 Å². The smallest absolute Gasteiger partial charge is 0.280 e. The predicted molar refractivity (Wildman–Crippen MR) is 117 cm³/mol. The molecule has 4 rings (SSSR count). The van der Waals surface area contributed by atoms with E-state index < -0.39 is 0 Å². The first-order valence-electron chi connectivity index (χ1n) is 10.6. The molecule has 1 fully saturated rings. The average molecular weight is 424 g/mol. The summed E-state index contributed by atoms with van der Waals surface area (Å²) in [6.07, 6.45) is 3.02. The Hall–Kier alpha value is -2.69. The second-order valence-corrected chi connectivity index (χ2v) is 9.41. The summed E-state index contributed by atoms with van der Waals surface area (Å²) in [5.41, 5.74) is 2.50. The lowest BCUT2D eigenvalue weighted by atomic mass is 9.89. The summed E-state index contributed by atoms with van der Waals surface area (Å²) in [5, 5.41) is 13.3. The largest absolute Gasteiger partial charge is 0.327 e. The number of carbonyl (C=O) groups is 2. The zero-order valence-corrected chi connectivity index (χ0v) is 18.1. The second-order valence-electron chi connectivity index (χ2n) is 8.30. The van der Waals surface area contributed by atoms with Crippen LogP contribution in [0.4, 0.5) is 5.00 Å². The number of quaternary nitrogens is 1. The van der Waals surface area contributed by atoms with Crippen molar-refractivity contribution in [3.8, 4) is 6.07 Å². The van der Waals surface area contributed by atoms with Gasteiger partial charge >= 0.3 is 0 Å². The molecule has 2 aromatic rings. The third-order valence-corrected chi connectivity index (χ3v) is 7.24. The number of nitrogens with one attached hydrogen (secondary N) is 2. The van der Waals surface area contributed by atoms with Crippen molar-refractivity contribution in [3.63, 3.8) is 0 Å². The molecule has 0 unspecified atom stereocenters. The van der Waals surface area contributed by atoms with Crippen molar-refractivity contribution in [3.05, 3.63) is 51.9 Å². The predicted octanol–water partition coefficient (Wildman–Crippen LogP) is 1.72. The van der Waals surface area contributed by atoms with Crippen LogP contribution < -0.4 is 10.2 Å². The molecule has 1 aromatic heterocycles. The molecule has 30 heavy (non-hydrogen) atoms. The van der Waals surface area contributed by atoms with E-state index >= 15 is 0 Å². The molecular formula is C23H27N4O2S+. The van der Waals surface area contributed by atoms with Gasteiger partial charge < -0.3 is 15.1 Å². The van der Waals surface area contributed by atoms with Crippen LogP contribution in [-0.4, -0.2) is 49.4 Å². The van der Waals surface area contributed by atoms with Crippen molar-refractivity contribution < 1.29 is 14.5 Å². The van der Waals surface area contributed by atoms with Gasteiger partial charge in [-0.05, 0) is 42.9 Å². The molecule has 156 valence electrons. The van der Waals surface area contributed by atoms with Crippen molar-refractivity contribution in [1.82, 2.24) is 4.90 Å². The molecule has 1 atom stereocenters. The Labute approximate surface area is 181 Å². The normalized spacial score (nSPS) is 19.1. The lowest BCUT2D eigenvalue weighted by molar-refractivity contribution is -0.895. The number of fused-ring (bicyclic) bond motifs is 1. The Morgan fingerprint density at radius 1 is 1.27 bits per heavy atom. The quantitative estimate of drug-likeness (QED) is 0.786. The van der Waals surface area contributed by atoms with Crippen molar-refractivity contribution in [2.24, 2.45) is 5.92 Å². The molecule has 0 radical (unpaired) electrons. The van der Waals surface area contributed by atoms with E-state index in [0.29, 0.717) is 41.7 Å². The molecule has 1 aliphatic carbocycles. The molecular weight excluding hydrogens is 396 g/mol. The van der Waals surface area contributed by atoms with Crippen LogP contribution in [0, 0.1) is 17.2 Å². The van der Waals surface area contributed by atoms with Gasteiger partial charge in [0.15, 0.2) is 6.54 Å². The summed E-state index contributed by atoms with van der Waals surface area (Å²) in [6.45, 7) is 5.37. The fourth-order valence-electron chi connectivity index (χ4n) is 4.32. The number of amides is 2. The van der Waals surface area contributed by atoms with Crippen LogP contribution in [-0.2, 0) is 17.6 Å². The van der Waals surface area contributed by atoms with Gasteiger partial charge in [-0.25, -0.2) is 0 Å². The number of hydrogen-bond acceptors (Lipinski definition) is 4. The summed E-state index contributed by atoms with van der Waals surface area (Å²) in [6, 6.07) is 11.6. The maximum Gasteiger partial charge on any atom is 0.280 e. The highest BCUT2D eigenvalue weighted by molar-refractivity contribution is 7.16. The van der Waals surface area contributed by atoms with E-state index in [-0.39, 0.29) is 11.8 Å². The number of nitrogens with zero attached hydrogens (tertiary/aromatic N) is 2. The van der Waals surface area contributed by atoms with Gasteiger partial charge in [0.2, 0.25) is 0 Å². The summed E-state index contributed by atoms with van der Waals surface area (Å²) in [7, 11) is 0. The van der Waals surface area contributed by atoms with E-state index in [1.807, 2.05) is 35.2 Å². The summed E-state index contributed by atoms with van der Waals surface area (Å²) >= 11 is 1.57. The standard InChI is InChI=1S/C23H26N4O2S/c1-16-7-8-18-19(14-24)22(30-20(18)13-16)25-21(28)15-26-9-11-27(12-10-26)23(29)17-5-3-2-4-6-17/h2-6,16H,7-13,15H2,1H3,(H,25,28)/p+1/t16-/m1/s1. The Morgan fingerprint density at radius 2 is 2.00 bits per heavy atom. The number of piperazine rings is 1. The first-order valence-corrected chi connectivity index (χ1v) is 11.4. The highest BCUT2D eigenvalue weighted by Crippen LogP contribution is 2.39. The number of nitriles is 1. The highest BCUT2D eigenvalue weighted by atomic mass is 32.1. The van der Waals surface area contributed by atoms with Crippen molar-refractivity contribution >= 4 is 28.2 Å². The van der Waals surface area contributed by atoms with Gasteiger partial charge in [0, 0.05) is 10.4 Å². The molecule has 6 nitrogen and oxygen atoms in total. The minimum atomic E-state index is -0.0593. The van der Waals surface area contributed by atoms with Crippen LogP contribution in [0.2, 0.25) is 0 Å². The SMILES string of the molecule is C[C@@H]1CCc2c(sc(NC(=O)C[NH+]3CCN(C(=O)c4ccccc4)CC3)c2C#N)C1. The molecule has 1 aromatic carbocycles. The van der Waals surface area contributed by atoms with Gasteiger partial charge in [-0.1, -0.05) is 25.1 Å². The van der Waals surface area contributed by atoms with Crippen LogP contribution >= 0.6 is 11.3 Å². The number of hydrogen-bond donors (Lipinski definition) is 2. The van der Waals surface area contributed by atoms with E-state index in [1.54, 1.807) is 11.3 Å². The third-order valence-electron chi connectivity index (χ3n) is 6.07. The van der Waals surface area contributed by atoms with Crippen LogP contribution in [0.25, 0.3) is 0 Å². The number of thiophene rings is 1. The summed E-state index contributed by atoms with van der Waals surface area (Å²) in [5.74, 6) is 0.623. The zero-order valence-electron chi connectivity index (χ0n) is 17.2. The third kappa shape index (κ3) is 4.40. The van der Waals surface area contributed by atoms with Crippen LogP contribution in [0.15, 0.2) is 30.3 Å². The molecule has 1 saturated heterocycles. The molecule has 2 amide bonds. The van der Waals surface area contributed by atoms with Crippen molar-refractivity contribution in [1.29, 1.82) is 5.26 Å². The van der Waals surface area contributed by atoms with Crippen LogP contribution in [0.3, 0.4) is 0 Å². The molecule has 2 aliphatic rings. The minimum absolute atomic E-state index is 0.0520. The first-order chi connectivity index (χ1) is 14.5. The van der Waals surface area contributed by atoms with E-state index in [0.717, 1.165) is 42.8 Å². The van der Waals surface area contributed by atoms with E-state index in [9.17, 15) is 14.9 Å². The van der Waals surface area contributed by atoms with Gasteiger partial charge in [-0.3, -0.25) is 9.59 Å². The van der Waals surface area contributed by atoms with Gasteiger partial charge in [0.05, 0.1) is 31.7 Å². The van der Waals surface area contributed by atoms with Gasteiger partial charge in [-0.2, -0.15) is 5.26 Å². The lowest BCUT2D eigenvalue weighted by Crippen LogP contribution is -3.15. The van der Waals surface area contributed by atoms with Gasteiger partial charge in [0.25, 0.3) is 11.8 Å². The molecule has 0 saturated carbocycles. The molecule has 2 N–H and O–H groups in total. The number of anilines is 1. The average Bonchev–Trinajstić information content (AvgIpc) is 3.10. The lowest BCUT2D eigenvalue weighted by Gasteiger charge is -2.31. The Kier molecular flexibility index (Phi) is 6.16. The Balaban J connectivity index is 1.32. The fourth-order valence-corrected chi connectivity index (χ4v) is 5.70. The Bertz CT molecular complexity index is 971. The summed E-state index contributed by atoms with van der Waals surface area (Å²) < 4.78 is 0. The second kappa shape index (κ2) is 8.99. The Morgan fingerprint density at radius 3 is 2.70 bits per heavy atom. The van der Waals surface area contributed by atoms with E-state index in [2.05, 4.69) is 18.3 Å². The molecule has 2 heterocycles. The summed E-state index contributed by atoms with van der Waals surface area (Å²) in [4.78, 5) is 29.5. The zero-order chi connectivity index (χ0) is 21.1. The molecule has 0 bridgehead atoms. The van der Waals surface area contributed by atoms with Gasteiger partial charge in [0.1, 0.15) is 11.1 Å². The van der Waals surface area contributed by atoms with E-state index in [4.69, 9.17) is 0 Å². The highest BCUT2D eigenvalue weighted by Gasteiger charge is 2.28. The molecule has 7 heteroatoms. The maximum absolute atomic E-state index is 12.6. The van der Waals surface area contributed by atoms with E-state index in [1.165, 1.54) is 4.88 Å². The fraction of sp³-hybridized carbons (Fsp3) is 0.435. The van der Waals surface area contributed by atoms with Crippen molar-refractivity contribution in [2.75, 3.05) is 38.0 Å². The van der Waals surface area contributed by atoms with Gasteiger partial charge in [-0.15, -0.1) is 11.3 Å². The number of rotatable bonds is 4. The monoisotopic (exact) mass is 423 g/mol. The molecule has 1 aliphatic heterocycles. The first kappa shape index (κ1) is 20.6. The van der Waals surface area contributed by atoms with Crippen LogP contribution in [0.1, 0.15) is 39.7 Å². The number of carbonyl (C=O) groups excluding carboxylic acids is 2. The minimum Gasteiger partial charge on any atom is -0.327 e. The van der Waals surface area contributed by atoms with Crippen molar-refractivity contribution in [2.45, 2.75) is 26.2 Å².